The van der Waals surface area contributed by atoms with Crippen molar-refractivity contribution < 1.29 is 0 Å². The molecule has 0 radical (unpaired) electrons. The van der Waals surface area contributed by atoms with Crippen molar-refractivity contribution in [3.63, 3.8) is 0 Å². The number of rotatable bonds is 22. The van der Waals surface area contributed by atoms with Gasteiger partial charge in [0.1, 0.15) is 0 Å². The Morgan fingerprint density at radius 3 is 0.926 bits per heavy atom. The van der Waals surface area contributed by atoms with Crippen LogP contribution in [0.15, 0.2) is 17.9 Å². The molecule has 0 aliphatic rings. The molecule has 0 aliphatic carbocycles. The van der Waals surface area contributed by atoms with Crippen LogP contribution in [0.25, 0.3) is 0 Å². The molecule has 0 amide bonds. The fraction of sp³-hybridized carbons (Fsp3) is 0.889. The number of allylic oxidation sites excluding steroid dienone is 1. The summed E-state index contributed by atoms with van der Waals surface area (Å²) in [5, 5.41) is 0. The van der Waals surface area contributed by atoms with Crippen LogP contribution in [0.3, 0.4) is 0 Å². The second-order valence-electron chi connectivity index (χ2n) is 8.52. The van der Waals surface area contributed by atoms with Crippen LogP contribution >= 0.6 is 0 Å². The topological polar surface area (TPSA) is 0 Å². The van der Waals surface area contributed by atoms with Gasteiger partial charge in [0.2, 0.25) is 0 Å². The number of hydrogen-bond acceptors (Lipinski definition) is 0. The molecule has 0 aromatic carbocycles. The fourth-order valence-corrected chi connectivity index (χ4v) is 3.72. The lowest BCUT2D eigenvalue weighted by Gasteiger charge is -2.01. The largest absolute Gasteiger partial charge is 0.130 e. The third kappa shape index (κ3) is 25.5. The van der Waals surface area contributed by atoms with E-state index in [1.54, 1.807) is 0 Å². The highest BCUT2D eigenvalue weighted by atomic mass is 14.0. The Hall–Kier alpha value is -0.480. The van der Waals surface area contributed by atoms with Crippen LogP contribution in [0.4, 0.5) is 0 Å². The van der Waals surface area contributed by atoms with Crippen LogP contribution in [0, 0.1) is 0 Å². The molecule has 0 heteroatoms. The molecule has 0 aromatic rings. The van der Waals surface area contributed by atoms with E-state index in [-0.39, 0.29) is 0 Å². The van der Waals surface area contributed by atoms with Gasteiger partial charge in [0.25, 0.3) is 0 Å². The van der Waals surface area contributed by atoms with Crippen molar-refractivity contribution in [2.24, 2.45) is 0 Å². The van der Waals surface area contributed by atoms with E-state index < -0.39 is 0 Å². The monoisotopic (exact) mass is 376 g/mol. The van der Waals surface area contributed by atoms with Crippen molar-refractivity contribution in [3.8, 4) is 0 Å². The standard InChI is InChI=1S/C27H52/c1-3-5-7-9-11-13-15-17-19-21-23-25-27-26-24-22-20-18-16-14-12-10-8-6-4-2/h25-26H,3-24H2,1-2H3. The SMILES string of the molecule is CCCCCCCCCCCCC=C=CCCCCCCCCCCCC. The summed E-state index contributed by atoms with van der Waals surface area (Å²) in [6, 6.07) is 0. The molecule has 0 bridgehead atoms. The maximum atomic E-state index is 3.40. The van der Waals surface area contributed by atoms with Gasteiger partial charge in [0.05, 0.1) is 0 Å². The molecule has 0 rings (SSSR count). The molecule has 0 unspecified atom stereocenters. The summed E-state index contributed by atoms with van der Waals surface area (Å²) in [4.78, 5) is 0. The lowest BCUT2D eigenvalue weighted by molar-refractivity contribution is 0.557. The van der Waals surface area contributed by atoms with E-state index in [4.69, 9.17) is 0 Å². The van der Waals surface area contributed by atoms with E-state index >= 15 is 0 Å². The first-order chi connectivity index (χ1) is 13.4. The molecule has 0 saturated heterocycles. The molecule has 0 aliphatic heterocycles. The van der Waals surface area contributed by atoms with Gasteiger partial charge < -0.3 is 0 Å². The molecule has 0 nitrogen and oxygen atoms in total. The summed E-state index contributed by atoms with van der Waals surface area (Å²) >= 11 is 0. The Bertz CT molecular complexity index is 280. The van der Waals surface area contributed by atoms with Crippen LogP contribution in [0.1, 0.15) is 155 Å². The minimum atomic E-state index is 1.23. The summed E-state index contributed by atoms with van der Waals surface area (Å²) in [5.74, 6) is 0. The molecule has 0 atom stereocenters. The Balaban J connectivity index is 3.15. The maximum absolute atomic E-state index is 3.40. The first-order valence-electron chi connectivity index (χ1n) is 12.8. The molecule has 160 valence electrons. The first kappa shape index (κ1) is 26.5. The normalized spacial score (nSPS) is 10.7. The van der Waals surface area contributed by atoms with Gasteiger partial charge in [-0.05, 0) is 37.8 Å². The van der Waals surface area contributed by atoms with Crippen LogP contribution in [0.5, 0.6) is 0 Å². The van der Waals surface area contributed by atoms with Crippen LogP contribution in [-0.2, 0) is 0 Å². The molecule has 0 fully saturated rings. The van der Waals surface area contributed by atoms with Crippen molar-refractivity contribution >= 4 is 0 Å². The Labute approximate surface area is 173 Å². The van der Waals surface area contributed by atoms with E-state index in [1.165, 1.54) is 141 Å². The van der Waals surface area contributed by atoms with Crippen molar-refractivity contribution in [1.82, 2.24) is 0 Å². The van der Waals surface area contributed by atoms with Gasteiger partial charge in [-0.15, -0.1) is 5.73 Å². The fourth-order valence-electron chi connectivity index (χ4n) is 3.72. The third-order valence-corrected chi connectivity index (χ3v) is 5.64. The molecule has 0 saturated carbocycles. The second kappa shape index (κ2) is 25.5. The zero-order chi connectivity index (χ0) is 19.7. The quantitative estimate of drug-likeness (QED) is 0.130. The molecule has 0 heterocycles. The highest BCUT2D eigenvalue weighted by Crippen LogP contribution is 2.12. The zero-order valence-electron chi connectivity index (χ0n) is 19.2. The number of hydrogen-bond donors (Lipinski definition) is 0. The summed E-state index contributed by atoms with van der Waals surface area (Å²) in [7, 11) is 0. The summed E-state index contributed by atoms with van der Waals surface area (Å²) < 4.78 is 0. The molecular formula is C27H52. The van der Waals surface area contributed by atoms with E-state index in [1.807, 2.05) is 0 Å². The van der Waals surface area contributed by atoms with Gasteiger partial charge in [-0.1, -0.05) is 129 Å². The molecular weight excluding hydrogens is 324 g/mol. The lowest BCUT2D eigenvalue weighted by atomic mass is 10.1. The van der Waals surface area contributed by atoms with Crippen molar-refractivity contribution in [3.05, 3.63) is 17.9 Å². The summed E-state index contributed by atoms with van der Waals surface area (Å²) in [6.07, 6.45) is 35.5. The van der Waals surface area contributed by atoms with Gasteiger partial charge in [-0.3, -0.25) is 0 Å². The molecule has 0 N–H and O–H groups in total. The van der Waals surface area contributed by atoms with Crippen molar-refractivity contribution in [2.75, 3.05) is 0 Å². The summed E-state index contributed by atoms with van der Waals surface area (Å²) in [5.41, 5.74) is 3.40. The Kier molecular flexibility index (Phi) is 25.1. The molecule has 0 spiro atoms. The highest BCUT2D eigenvalue weighted by molar-refractivity contribution is 4.84. The van der Waals surface area contributed by atoms with Crippen LogP contribution in [0.2, 0.25) is 0 Å². The second-order valence-corrected chi connectivity index (χ2v) is 8.52. The average molecular weight is 377 g/mol. The van der Waals surface area contributed by atoms with E-state index in [0.717, 1.165) is 0 Å². The maximum Gasteiger partial charge on any atom is -0.0274 e. The predicted octanol–water partition coefficient (Wildman–Crippen LogP) is 10.3. The Morgan fingerprint density at radius 2 is 0.630 bits per heavy atom. The van der Waals surface area contributed by atoms with Gasteiger partial charge in [-0.25, -0.2) is 0 Å². The third-order valence-electron chi connectivity index (χ3n) is 5.64. The van der Waals surface area contributed by atoms with Crippen molar-refractivity contribution in [2.45, 2.75) is 155 Å². The van der Waals surface area contributed by atoms with E-state index in [2.05, 4.69) is 31.7 Å². The van der Waals surface area contributed by atoms with E-state index in [0.29, 0.717) is 0 Å². The van der Waals surface area contributed by atoms with Gasteiger partial charge in [-0.2, -0.15) is 0 Å². The smallest absolute Gasteiger partial charge is 0.0274 e. The van der Waals surface area contributed by atoms with Gasteiger partial charge in [0.15, 0.2) is 0 Å². The zero-order valence-corrected chi connectivity index (χ0v) is 19.2. The van der Waals surface area contributed by atoms with Crippen molar-refractivity contribution in [1.29, 1.82) is 0 Å². The van der Waals surface area contributed by atoms with Crippen LogP contribution < -0.4 is 0 Å². The number of unbranched alkanes of at least 4 members (excludes halogenated alkanes) is 20. The summed E-state index contributed by atoms with van der Waals surface area (Å²) in [6.45, 7) is 4.59. The molecule has 0 aromatic heterocycles. The van der Waals surface area contributed by atoms with Crippen LogP contribution in [-0.4, -0.2) is 0 Å². The predicted molar refractivity (Wildman–Crippen MR) is 126 cm³/mol. The van der Waals surface area contributed by atoms with Gasteiger partial charge >= 0.3 is 0 Å². The van der Waals surface area contributed by atoms with Gasteiger partial charge in [0, 0.05) is 0 Å². The average Bonchev–Trinajstić information content (AvgIpc) is 2.68. The Morgan fingerprint density at radius 1 is 0.370 bits per heavy atom. The highest BCUT2D eigenvalue weighted by Gasteiger charge is 1.93. The van der Waals surface area contributed by atoms with E-state index in [9.17, 15) is 0 Å². The first-order valence-corrected chi connectivity index (χ1v) is 12.8. The minimum absolute atomic E-state index is 1.23. The molecule has 27 heavy (non-hydrogen) atoms. The minimum Gasteiger partial charge on any atom is -0.130 e. The lowest BCUT2D eigenvalue weighted by Crippen LogP contribution is -1.81.